The molecule has 7 nitrogen and oxygen atoms in total. The molecular weight excluding hydrogens is 384 g/mol. The molecule has 0 aromatic heterocycles. The maximum absolute atomic E-state index is 12.7. The van der Waals surface area contributed by atoms with E-state index in [0.29, 0.717) is 25.7 Å². The van der Waals surface area contributed by atoms with Crippen molar-refractivity contribution in [3.05, 3.63) is 48.0 Å². The molecule has 0 aliphatic carbocycles. The summed E-state index contributed by atoms with van der Waals surface area (Å²) in [4.78, 5) is 36.9. The summed E-state index contributed by atoms with van der Waals surface area (Å²) in [5.74, 6) is -1.33. The van der Waals surface area contributed by atoms with Crippen LogP contribution in [-0.4, -0.2) is 48.2 Å². The van der Waals surface area contributed by atoms with Gasteiger partial charge in [-0.3, -0.25) is 14.4 Å². The van der Waals surface area contributed by atoms with Crippen LogP contribution in [0.4, 0.5) is 0 Å². The van der Waals surface area contributed by atoms with E-state index in [4.69, 9.17) is 4.74 Å². The molecule has 0 spiro atoms. The standard InChI is InChI=1S/C23H32N2O5/c1-17-16-30-22(28)12-8-3-2-7-11-19(23(29)24-17)14-21(27)25-20(15-26)13-18-9-5-4-6-10-18/h2,4-7,9-10,17,19-20,26H,3,8,11-16H2,1H3,(H,24,29)(H,25,27). The van der Waals surface area contributed by atoms with Crippen LogP contribution < -0.4 is 10.6 Å². The predicted molar refractivity (Wildman–Crippen MR) is 113 cm³/mol. The molecule has 0 fully saturated rings. The lowest BCUT2D eigenvalue weighted by atomic mass is 9.98. The summed E-state index contributed by atoms with van der Waals surface area (Å²) < 4.78 is 5.17. The van der Waals surface area contributed by atoms with Crippen molar-refractivity contribution in [3.8, 4) is 0 Å². The highest BCUT2D eigenvalue weighted by atomic mass is 16.5. The average molecular weight is 417 g/mol. The SMILES string of the molecule is CC1COC(=O)CCCC=CCC(CC(=O)NC(CO)Cc2ccccc2)C(=O)N1. The molecule has 0 bridgehead atoms. The zero-order valence-corrected chi connectivity index (χ0v) is 17.5. The molecule has 3 unspecified atom stereocenters. The molecule has 30 heavy (non-hydrogen) atoms. The quantitative estimate of drug-likeness (QED) is 0.485. The third-order valence-corrected chi connectivity index (χ3v) is 4.93. The number of benzene rings is 1. The lowest BCUT2D eigenvalue weighted by molar-refractivity contribution is -0.145. The first-order valence-corrected chi connectivity index (χ1v) is 10.5. The number of hydrogen-bond donors (Lipinski definition) is 3. The molecule has 2 rings (SSSR count). The van der Waals surface area contributed by atoms with Gasteiger partial charge >= 0.3 is 5.97 Å². The van der Waals surface area contributed by atoms with Crippen LogP contribution in [0.25, 0.3) is 0 Å². The van der Waals surface area contributed by atoms with Crippen molar-refractivity contribution in [2.75, 3.05) is 13.2 Å². The van der Waals surface area contributed by atoms with Gasteiger partial charge in [0.25, 0.3) is 0 Å². The van der Waals surface area contributed by atoms with E-state index in [1.54, 1.807) is 6.92 Å². The van der Waals surface area contributed by atoms with E-state index in [2.05, 4.69) is 10.6 Å². The lowest BCUT2D eigenvalue weighted by Gasteiger charge is -2.21. The minimum absolute atomic E-state index is 0.0218. The Kier molecular flexibility index (Phi) is 10.1. The number of carbonyl (C=O) groups excluding carboxylic acids is 3. The van der Waals surface area contributed by atoms with E-state index in [9.17, 15) is 19.5 Å². The molecule has 1 aromatic rings. The molecule has 7 heteroatoms. The van der Waals surface area contributed by atoms with Gasteiger partial charge in [-0.25, -0.2) is 0 Å². The van der Waals surface area contributed by atoms with Gasteiger partial charge in [-0.2, -0.15) is 0 Å². The number of aliphatic hydroxyl groups is 1. The zero-order valence-electron chi connectivity index (χ0n) is 17.5. The normalized spacial score (nSPS) is 21.9. The summed E-state index contributed by atoms with van der Waals surface area (Å²) in [5.41, 5.74) is 1.02. The van der Waals surface area contributed by atoms with Crippen LogP contribution >= 0.6 is 0 Å². The van der Waals surface area contributed by atoms with Gasteiger partial charge in [0, 0.05) is 12.8 Å². The van der Waals surface area contributed by atoms with Gasteiger partial charge in [0.1, 0.15) is 6.61 Å². The molecule has 0 radical (unpaired) electrons. The van der Waals surface area contributed by atoms with Crippen LogP contribution in [0.1, 0.15) is 44.6 Å². The van der Waals surface area contributed by atoms with Crippen LogP contribution in [0.5, 0.6) is 0 Å². The highest BCUT2D eigenvalue weighted by Crippen LogP contribution is 2.13. The van der Waals surface area contributed by atoms with Crippen LogP contribution in [0, 0.1) is 5.92 Å². The molecule has 1 aromatic carbocycles. The van der Waals surface area contributed by atoms with E-state index in [-0.39, 0.29) is 43.5 Å². The number of ether oxygens (including phenoxy) is 1. The molecule has 3 atom stereocenters. The first-order chi connectivity index (χ1) is 14.5. The Labute approximate surface area is 177 Å². The smallest absolute Gasteiger partial charge is 0.305 e. The maximum atomic E-state index is 12.7. The molecule has 2 amide bonds. The van der Waals surface area contributed by atoms with E-state index in [1.807, 2.05) is 42.5 Å². The molecule has 1 aliphatic rings. The number of amides is 2. The molecule has 3 N–H and O–H groups in total. The molecule has 164 valence electrons. The van der Waals surface area contributed by atoms with Crippen molar-refractivity contribution in [3.63, 3.8) is 0 Å². The van der Waals surface area contributed by atoms with Crippen molar-refractivity contribution in [1.82, 2.24) is 10.6 Å². The van der Waals surface area contributed by atoms with Crippen LogP contribution in [0.15, 0.2) is 42.5 Å². The monoisotopic (exact) mass is 416 g/mol. The van der Waals surface area contributed by atoms with Crippen molar-refractivity contribution in [2.45, 2.75) is 57.5 Å². The third kappa shape index (κ3) is 8.78. The van der Waals surface area contributed by atoms with Crippen molar-refractivity contribution in [1.29, 1.82) is 0 Å². The van der Waals surface area contributed by atoms with Crippen molar-refractivity contribution < 1.29 is 24.2 Å². The summed E-state index contributed by atoms with van der Waals surface area (Å²) in [6.45, 7) is 1.69. The Hall–Kier alpha value is -2.67. The largest absolute Gasteiger partial charge is 0.464 e. The fourth-order valence-corrected chi connectivity index (χ4v) is 3.29. The number of cyclic esters (lactones) is 1. The van der Waals surface area contributed by atoms with Gasteiger partial charge in [-0.05, 0) is 38.2 Å². The topological polar surface area (TPSA) is 105 Å². The average Bonchev–Trinajstić information content (AvgIpc) is 2.74. The highest BCUT2D eigenvalue weighted by molar-refractivity contribution is 5.86. The maximum Gasteiger partial charge on any atom is 0.305 e. The first kappa shape index (κ1) is 23.6. The summed E-state index contributed by atoms with van der Waals surface area (Å²) >= 11 is 0. The van der Waals surface area contributed by atoms with E-state index < -0.39 is 12.0 Å². The van der Waals surface area contributed by atoms with Gasteiger partial charge in [-0.15, -0.1) is 0 Å². The molecule has 1 heterocycles. The number of carbonyl (C=O) groups is 3. The molecule has 0 saturated carbocycles. The Bertz CT molecular complexity index is 720. The number of hydrogen-bond acceptors (Lipinski definition) is 5. The summed E-state index contributed by atoms with van der Waals surface area (Å²) in [6.07, 6.45) is 6.54. The van der Waals surface area contributed by atoms with Crippen LogP contribution in [0.3, 0.4) is 0 Å². The van der Waals surface area contributed by atoms with Gasteiger partial charge in [-0.1, -0.05) is 42.5 Å². The fraction of sp³-hybridized carbons (Fsp3) is 0.522. The first-order valence-electron chi connectivity index (χ1n) is 10.5. The number of esters is 1. The second kappa shape index (κ2) is 12.8. The van der Waals surface area contributed by atoms with Crippen molar-refractivity contribution >= 4 is 17.8 Å². The molecule has 1 aliphatic heterocycles. The predicted octanol–water partition coefficient (Wildman–Crippen LogP) is 1.89. The fourth-order valence-electron chi connectivity index (χ4n) is 3.29. The Balaban J connectivity index is 1.96. The number of nitrogens with one attached hydrogen (secondary N) is 2. The van der Waals surface area contributed by atoms with E-state index >= 15 is 0 Å². The zero-order chi connectivity index (χ0) is 21.8. The summed E-state index contributed by atoms with van der Waals surface area (Å²) in [5, 5.41) is 15.3. The summed E-state index contributed by atoms with van der Waals surface area (Å²) in [7, 11) is 0. The second-order valence-corrected chi connectivity index (χ2v) is 7.73. The van der Waals surface area contributed by atoms with Gasteiger partial charge in [0.05, 0.1) is 24.6 Å². The van der Waals surface area contributed by atoms with E-state index in [1.165, 1.54) is 0 Å². The lowest BCUT2D eigenvalue weighted by Crippen LogP contribution is -2.44. The van der Waals surface area contributed by atoms with Gasteiger partial charge in [0.15, 0.2) is 0 Å². The second-order valence-electron chi connectivity index (χ2n) is 7.73. The number of allylic oxidation sites excluding steroid dienone is 2. The Morgan fingerprint density at radius 3 is 2.77 bits per heavy atom. The number of aliphatic hydroxyl groups excluding tert-OH is 1. The minimum atomic E-state index is -0.531. The van der Waals surface area contributed by atoms with Crippen molar-refractivity contribution in [2.24, 2.45) is 5.92 Å². The minimum Gasteiger partial charge on any atom is -0.464 e. The van der Waals surface area contributed by atoms with Gasteiger partial charge < -0.3 is 20.5 Å². The summed E-state index contributed by atoms with van der Waals surface area (Å²) in [6, 6.07) is 8.87. The van der Waals surface area contributed by atoms with Gasteiger partial charge in [0.2, 0.25) is 11.8 Å². The highest BCUT2D eigenvalue weighted by Gasteiger charge is 2.24. The molecular formula is C23H32N2O5. The van der Waals surface area contributed by atoms with E-state index in [0.717, 1.165) is 12.0 Å². The van der Waals surface area contributed by atoms with Crippen LogP contribution in [0.2, 0.25) is 0 Å². The Morgan fingerprint density at radius 1 is 1.27 bits per heavy atom. The number of rotatable bonds is 6. The Morgan fingerprint density at radius 2 is 2.03 bits per heavy atom. The molecule has 0 saturated heterocycles. The van der Waals surface area contributed by atoms with Crippen LogP contribution in [-0.2, 0) is 25.5 Å². The third-order valence-electron chi connectivity index (χ3n) is 4.93.